The lowest BCUT2D eigenvalue weighted by Crippen LogP contribution is -2.60. The number of phenols is 1. The number of aromatic hydroxyl groups is 1. The first-order valence-corrected chi connectivity index (χ1v) is 17.3. The number of nitrogens with zero attached hydrogens (tertiary/aromatic N) is 5. The summed E-state index contributed by atoms with van der Waals surface area (Å²) in [5, 5.41) is 25.8. The third kappa shape index (κ3) is 4.86. The largest absolute Gasteiger partial charge is 0.508 e. The van der Waals surface area contributed by atoms with Crippen LogP contribution in [-0.4, -0.2) is 93.7 Å². The number of hydrogen-bond acceptors (Lipinski definition) is 10. The molecule has 1 aliphatic carbocycles. The standard InChI is InChI=1S/C36H40F2N6O4/c1-2-23-25(37)7-5-19-12-22(46)13-24(28(19)23)31-30(38)32-29-33(44-14-20-6-8-26(39-20)27(44)16-47-34(29)40-31)42-35(41-32)48-18-36(9-10-36)17-43-11-3-4-21(43)15-45/h5,7,12-13,20-21,26-27,39,45-46H,2-4,6,8-11,14-18H2,1H3/t20-,21+,26+,27+/m1/s1. The second kappa shape index (κ2) is 11.3. The van der Waals surface area contributed by atoms with E-state index in [4.69, 9.17) is 24.4 Å². The van der Waals surface area contributed by atoms with Crippen LogP contribution in [-0.2, 0) is 6.42 Å². The minimum Gasteiger partial charge on any atom is -0.508 e. The van der Waals surface area contributed by atoms with Crippen molar-refractivity contribution in [2.45, 2.75) is 76.0 Å². The summed E-state index contributed by atoms with van der Waals surface area (Å²) < 4.78 is 45.0. The maximum absolute atomic E-state index is 17.1. The molecule has 1 saturated carbocycles. The number of hydrogen-bond donors (Lipinski definition) is 3. The number of rotatable bonds is 8. The van der Waals surface area contributed by atoms with Gasteiger partial charge in [-0.1, -0.05) is 13.0 Å². The summed E-state index contributed by atoms with van der Waals surface area (Å²) in [4.78, 5) is 19.0. The number of piperazine rings is 1. The van der Waals surface area contributed by atoms with Gasteiger partial charge in [-0.05, 0) is 86.0 Å². The van der Waals surface area contributed by atoms with Gasteiger partial charge in [-0.15, -0.1) is 0 Å². The number of fused-ring (bicyclic) bond motifs is 6. The highest BCUT2D eigenvalue weighted by molar-refractivity contribution is 6.03. The summed E-state index contributed by atoms with van der Waals surface area (Å²) in [5.74, 6) is -0.427. The van der Waals surface area contributed by atoms with Crippen molar-refractivity contribution in [2.24, 2.45) is 5.41 Å². The Balaban J connectivity index is 1.18. The molecule has 4 fully saturated rings. The molecule has 0 unspecified atom stereocenters. The number of aryl methyl sites for hydroxylation is 1. The molecule has 2 aromatic heterocycles. The number of nitrogens with one attached hydrogen (secondary N) is 1. The van der Waals surface area contributed by atoms with Crippen LogP contribution in [0.4, 0.5) is 14.6 Å². The monoisotopic (exact) mass is 658 g/mol. The topological polar surface area (TPSA) is 116 Å². The zero-order chi connectivity index (χ0) is 32.7. The number of benzene rings is 2. The van der Waals surface area contributed by atoms with Gasteiger partial charge in [0.15, 0.2) is 5.82 Å². The lowest BCUT2D eigenvalue weighted by Gasteiger charge is -2.40. The van der Waals surface area contributed by atoms with Crippen molar-refractivity contribution in [1.29, 1.82) is 0 Å². The maximum Gasteiger partial charge on any atom is 0.319 e. The number of phenolic OH excluding ortho intramolecular Hbond substituents is 1. The zero-order valence-electron chi connectivity index (χ0n) is 27.0. The molecule has 4 atom stereocenters. The van der Waals surface area contributed by atoms with E-state index in [1.165, 1.54) is 12.1 Å². The summed E-state index contributed by atoms with van der Waals surface area (Å²) in [5.41, 5.74) is 0.581. The van der Waals surface area contributed by atoms with Gasteiger partial charge in [-0.3, -0.25) is 4.90 Å². The van der Waals surface area contributed by atoms with Crippen molar-refractivity contribution in [3.63, 3.8) is 0 Å². The van der Waals surface area contributed by atoms with Crippen LogP contribution in [0.1, 0.15) is 51.0 Å². The van der Waals surface area contributed by atoms with E-state index >= 15 is 8.78 Å². The summed E-state index contributed by atoms with van der Waals surface area (Å²) in [6.45, 7) is 5.21. The Morgan fingerprint density at radius 3 is 2.79 bits per heavy atom. The molecule has 0 spiro atoms. The average Bonchev–Trinajstić information content (AvgIpc) is 3.58. The molecule has 0 radical (unpaired) electrons. The Hall–Kier alpha value is -3.87. The first-order chi connectivity index (χ1) is 23.3. The van der Waals surface area contributed by atoms with Crippen molar-refractivity contribution in [2.75, 3.05) is 44.4 Å². The highest BCUT2D eigenvalue weighted by Gasteiger charge is 2.47. The van der Waals surface area contributed by atoms with Crippen molar-refractivity contribution < 1.29 is 28.5 Å². The Bertz CT molecular complexity index is 1940. The van der Waals surface area contributed by atoms with Gasteiger partial charge in [0.25, 0.3) is 0 Å². The summed E-state index contributed by atoms with van der Waals surface area (Å²) in [6, 6.07) is 6.65. The van der Waals surface area contributed by atoms with Gasteiger partial charge in [0.1, 0.15) is 40.6 Å². The SMILES string of the molecule is CCc1c(F)ccc2cc(O)cc(-c3nc4c5c(nc(OCC6(CN7CCC[C@H]7CO)CC6)nc5c3F)N3C[C@H]5CC[C@H](N5)[C@@H]3CO4)c12. The van der Waals surface area contributed by atoms with Crippen LogP contribution in [0, 0.1) is 17.0 Å². The van der Waals surface area contributed by atoms with E-state index in [0.29, 0.717) is 53.7 Å². The van der Waals surface area contributed by atoms with Crippen LogP contribution in [0.2, 0.25) is 0 Å². The third-order valence-electron chi connectivity index (χ3n) is 11.4. The molecule has 9 rings (SSSR count). The normalized spacial score (nSPS) is 25.7. The fourth-order valence-corrected chi connectivity index (χ4v) is 8.68. The first-order valence-electron chi connectivity index (χ1n) is 17.3. The van der Waals surface area contributed by atoms with E-state index < -0.39 is 11.6 Å². The Morgan fingerprint density at radius 2 is 1.98 bits per heavy atom. The predicted molar refractivity (Wildman–Crippen MR) is 177 cm³/mol. The number of aliphatic hydroxyl groups excluding tert-OH is 1. The van der Waals surface area contributed by atoms with E-state index in [9.17, 15) is 10.2 Å². The molecule has 6 heterocycles. The van der Waals surface area contributed by atoms with Gasteiger partial charge in [0.2, 0.25) is 5.88 Å². The molecule has 5 aliphatic rings. The molecular formula is C36H40F2N6O4. The molecule has 252 valence electrons. The number of anilines is 1. The van der Waals surface area contributed by atoms with Crippen molar-refractivity contribution >= 4 is 27.5 Å². The van der Waals surface area contributed by atoms with E-state index in [0.717, 1.165) is 51.6 Å². The zero-order valence-corrected chi connectivity index (χ0v) is 27.0. The van der Waals surface area contributed by atoms with E-state index in [1.807, 2.05) is 6.92 Å². The Morgan fingerprint density at radius 1 is 1.10 bits per heavy atom. The third-order valence-corrected chi connectivity index (χ3v) is 11.4. The van der Waals surface area contributed by atoms with Crippen LogP contribution in [0.15, 0.2) is 24.3 Å². The summed E-state index contributed by atoms with van der Waals surface area (Å²) in [7, 11) is 0. The lowest BCUT2D eigenvalue weighted by molar-refractivity contribution is 0.113. The Labute approximate surface area is 277 Å². The quantitative estimate of drug-likeness (QED) is 0.246. The van der Waals surface area contributed by atoms with Gasteiger partial charge >= 0.3 is 6.01 Å². The molecule has 12 heteroatoms. The smallest absolute Gasteiger partial charge is 0.319 e. The van der Waals surface area contributed by atoms with Crippen molar-refractivity contribution in [3.05, 3.63) is 41.5 Å². The van der Waals surface area contributed by atoms with Gasteiger partial charge < -0.3 is 29.9 Å². The minimum atomic E-state index is -0.704. The molecule has 10 nitrogen and oxygen atoms in total. The molecule has 4 aromatic rings. The van der Waals surface area contributed by atoms with Crippen LogP contribution < -0.4 is 19.7 Å². The highest BCUT2D eigenvalue weighted by Crippen LogP contribution is 2.48. The van der Waals surface area contributed by atoms with Gasteiger partial charge in [-0.25, -0.2) is 13.8 Å². The number of aliphatic hydroxyl groups is 1. The average molecular weight is 659 g/mol. The lowest BCUT2D eigenvalue weighted by atomic mass is 9.94. The van der Waals surface area contributed by atoms with Gasteiger partial charge in [0, 0.05) is 42.2 Å². The van der Waals surface area contributed by atoms with Crippen molar-refractivity contribution in [1.82, 2.24) is 25.2 Å². The Kier molecular flexibility index (Phi) is 7.14. The van der Waals surface area contributed by atoms with Gasteiger partial charge in [-0.2, -0.15) is 9.97 Å². The maximum atomic E-state index is 17.1. The molecule has 2 aromatic carbocycles. The van der Waals surface area contributed by atoms with E-state index in [2.05, 4.69) is 15.1 Å². The molecule has 4 aliphatic heterocycles. The van der Waals surface area contributed by atoms with Crippen LogP contribution >= 0.6 is 0 Å². The molecular weight excluding hydrogens is 618 g/mol. The van der Waals surface area contributed by atoms with E-state index in [1.54, 1.807) is 12.1 Å². The number of ether oxygens (including phenoxy) is 2. The first kappa shape index (κ1) is 30.2. The number of likely N-dealkylation sites (tertiary alicyclic amines) is 1. The fourth-order valence-electron chi connectivity index (χ4n) is 8.68. The highest BCUT2D eigenvalue weighted by atomic mass is 19.1. The van der Waals surface area contributed by atoms with Crippen molar-refractivity contribution in [3.8, 4) is 28.9 Å². The molecule has 2 bridgehead atoms. The second-order valence-corrected chi connectivity index (χ2v) is 14.4. The predicted octanol–water partition coefficient (Wildman–Crippen LogP) is 4.71. The fraction of sp³-hybridized carbons (Fsp3) is 0.528. The molecule has 3 saturated heterocycles. The summed E-state index contributed by atoms with van der Waals surface area (Å²) >= 11 is 0. The molecule has 48 heavy (non-hydrogen) atoms. The number of pyridine rings is 1. The second-order valence-electron chi connectivity index (χ2n) is 14.4. The number of halogens is 2. The molecule has 0 amide bonds. The molecule has 3 N–H and O–H groups in total. The van der Waals surface area contributed by atoms with E-state index in [-0.39, 0.29) is 70.6 Å². The van der Waals surface area contributed by atoms with Crippen LogP contribution in [0.3, 0.4) is 0 Å². The number of aromatic nitrogens is 3. The van der Waals surface area contributed by atoms with Crippen LogP contribution in [0.5, 0.6) is 17.6 Å². The minimum absolute atomic E-state index is 0.0252. The van der Waals surface area contributed by atoms with Gasteiger partial charge in [0.05, 0.1) is 19.3 Å². The summed E-state index contributed by atoms with van der Waals surface area (Å²) in [6.07, 6.45) is 6.51. The van der Waals surface area contributed by atoms with Crippen LogP contribution in [0.25, 0.3) is 32.9 Å².